The summed E-state index contributed by atoms with van der Waals surface area (Å²) in [5.74, 6) is -0.979. The first-order chi connectivity index (χ1) is 9.06. The zero-order chi connectivity index (χ0) is 13.6. The molecule has 0 fully saturated rings. The van der Waals surface area contributed by atoms with Gasteiger partial charge in [0.15, 0.2) is 0 Å². The lowest BCUT2D eigenvalue weighted by Crippen LogP contribution is -1.98. The molecule has 0 N–H and O–H groups in total. The SMILES string of the molecule is Cc1cc(C(Br)c2cc3c(s2)CCC3)c(F)cc1F. The molecule has 1 aromatic heterocycles. The van der Waals surface area contributed by atoms with Crippen molar-refractivity contribution in [3.63, 3.8) is 0 Å². The molecule has 100 valence electrons. The first-order valence-corrected chi connectivity index (χ1v) is 8.00. The number of thiophene rings is 1. The summed E-state index contributed by atoms with van der Waals surface area (Å²) in [6.45, 7) is 1.66. The highest BCUT2D eigenvalue weighted by Crippen LogP contribution is 2.41. The lowest BCUT2D eigenvalue weighted by atomic mass is 10.1. The Bertz CT molecular complexity index is 612. The summed E-state index contributed by atoms with van der Waals surface area (Å²) < 4.78 is 27.2. The van der Waals surface area contributed by atoms with Crippen LogP contribution in [-0.2, 0) is 12.8 Å². The van der Waals surface area contributed by atoms with E-state index in [9.17, 15) is 8.78 Å². The average molecular weight is 343 g/mol. The van der Waals surface area contributed by atoms with E-state index in [4.69, 9.17) is 0 Å². The Balaban J connectivity index is 1.99. The van der Waals surface area contributed by atoms with Crippen molar-refractivity contribution in [2.75, 3.05) is 0 Å². The van der Waals surface area contributed by atoms with Gasteiger partial charge in [0.1, 0.15) is 11.6 Å². The van der Waals surface area contributed by atoms with E-state index >= 15 is 0 Å². The summed E-state index contributed by atoms with van der Waals surface area (Å²) >= 11 is 5.29. The predicted molar refractivity (Wildman–Crippen MR) is 78.2 cm³/mol. The summed E-state index contributed by atoms with van der Waals surface area (Å²) in [4.78, 5) is 2.33. The Morgan fingerprint density at radius 1 is 1.16 bits per heavy atom. The predicted octanol–water partition coefficient (Wildman–Crippen LogP) is 5.31. The van der Waals surface area contributed by atoms with Gasteiger partial charge in [-0.2, -0.15) is 0 Å². The van der Waals surface area contributed by atoms with Crippen LogP contribution in [-0.4, -0.2) is 0 Å². The molecule has 2 aromatic rings. The molecule has 0 nitrogen and oxygen atoms in total. The number of rotatable bonds is 2. The number of hydrogen-bond acceptors (Lipinski definition) is 1. The lowest BCUT2D eigenvalue weighted by Gasteiger charge is -2.11. The minimum absolute atomic E-state index is 0.192. The summed E-state index contributed by atoms with van der Waals surface area (Å²) in [6, 6.07) is 4.72. The van der Waals surface area contributed by atoms with Crippen LogP contribution in [0.25, 0.3) is 0 Å². The van der Waals surface area contributed by atoms with Crippen LogP contribution in [0.3, 0.4) is 0 Å². The normalized spacial score (nSPS) is 15.6. The zero-order valence-electron chi connectivity index (χ0n) is 10.5. The molecule has 19 heavy (non-hydrogen) atoms. The molecule has 1 unspecified atom stereocenters. The van der Waals surface area contributed by atoms with Crippen molar-refractivity contribution in [1.82, 2.24) is 0 Å². The van der Waals surface area contributed by atoms with Crippen LogP contribution in [0.4, 0.5) is 8.78 Å². The van der Waals surface area contributed by atoms with Crippen molar-refractivity contribution >= 4 is 27.3 Å². The van der Waals surface area contributed by atoms with Gasteiger partial charge in [-0.3, -0.25) is 0 Å². The van der Waals surface area contributed by atoms with Gasteiger partial charge in [0.05, 0.1) is 4.83 Å². The number of halogens is 3. The third-order valence-corrected chi connectivity index (χ3v) is 6.16. The van der Waals surface area contributed by atoms with Gasteiger partial charge >= 0.3 is 0 Å². The van der Waals surface area contributed by atoms with Gasteiger partial charge in [-0.05, 0) is 49.4 Å². The van der Waals surface area contributed by atoms with E-state index in [1.807, 2.05) is 0 Å². The molecule has 3 rings (SSSR count). The summed E-state index contributed by atoms with van der Waals surface area (Å²) in [6.07, 6.45) is 3.47. The molecule has 0 aliphatic heterocycles. The van der Waals surface area contributed by atoms with Crippen molar-refractivity contribution in [2.24, 2.45) is 0 Å². The molecule has 0 saturated heterocycles. The fourth-order valence-electron chi connectivity index (χ4n) is 2.50. The molecule has 0 radical (unpaired) electrons. The molecule has 1 aliphatic carbocycles. The Hall–Kier alpha value is -0.740. The van der Waals surface area contributed by atoms with Crippen LogP contribution >= 0.6 is 27.3 Å². The molecule has 0 amide bonds. The zero-order valence-corrected chi connectivity index (χ0v) is 12.9. The van der Waals surface area contributed by atoms with Crippen LogP contribution in [0.5, 0.6) is 0 Å². The molecule has 0 spiro atoms. The Kier molecular flexibility index (Phi) is 3.48. The van der Waals surface area contributed by atoms with Gasteiger partial charge in [-0.15, -0.1) is 11.3 Å². The van der Waals surface area contributed by atoms with Crippen LogP contribution in [0.15, 0.2) is 18.2 Å². The highest BCUT2D eigenvalue weighted by atomic mass is 79.9. The Labute approximate surface area is 123 Å². The average Bonchev–Trinajstić information content (AvgIpc) is 2.93. The van der Waals surface area contributed by atoms with Crippen LogP contribution in [0.2, 0.25) is 0 Å². The smallest absolute Gasteiger partial charge is 0.130 e. The third kappa shape index (κ3) is 2.36. The monoisotopic (exact) mass is 342 g/mol. The van der Waals surface area contributed by atoms with E-state index in [-0.39, 0.29) is 4.83 Å². The van der Waals surface area contributed by atoms with E-state index in [1.54, 1.807) is 24.3 Å². The molecule has 1 aliphatic rings. The molecule has 0 bridgehead atoms. The maximum absolute atomic E-state index is 13.9. The van der Waals surface area contributed by atoms with E-state index < -0.39 is 11.6 Å². The summed E-state index contributed by atoms with van der Waals surface area (Å²) in [5.41, 5.74) is 2.38. The molecule has 1 atom stereocenters. The van der Waals surface area contributed by atoms with Crippen molar-refractivity contribution in [2.45, 2.75) is 31.0 Å². The Morgan fingerprint density at radius 2 is 1.95 bits per heavy atom. The van der Waals surface area contributed by atoms with Gasteiger partial charge in [-0.1, -0.05) is 15.9 Å². The molecule has 1 heterocycles. The number of aryl methyl sites for hydroxylation is 3. The second-order valence-electron chi connectivity index (χ2n) is 4.94. The molecular formula is C15H13BrF2S. The highest BCUT2D eigenvalue weighted by molar-refractivity contribution is 9.09. The van der Waals surface area contributed by atoms with Crippen molar-refractivity contribution < 1.29 is 8.78 Å². The fourth-order valence-corrected chi connectivity index (χ4v) is 4.52. The van der Waals surface area contributed by atoms with E-state index in [0.717, 1.165) is 23.8 Å². The summed E-state index contributed by atoms with van der Waals surface area (Å²) in [7, 11) is 0. The molecule has 4 heteroatoms. The topological polar surface area (TPSA) is 0 Å². The first kappa shape index (κ1) is 13.3. The number of fused-ring (bicyclic) bond motifs is 1. The van der Waals surface area contributed by atoms with Gasteiger partial charge in [0.25, 0.3) is 0 Å². The first-order valence-electron chi connectivity index (χ1n) is 6.27. The van der Waals surface area contributed by atoms with E-state index in [1.165, 1.54) is 16.9 Å². The number of benzene rings is 1. The van der Waals surface area contributed by atoms with Gasteiger partial charge in [-0.25, -0.2) is 8.78 Å². The molecule has 0 saturated carbocycles. The van der Waals surface area contributed by atoms with Crippen LogP contribution in [0, 0.1) is 18.6 Å². The van der Waals surface area contributed by atoms with Crippen LogP contribution < -0.4 is 0 Å². The maximum Gasteiger partial charge on any atom is 0.130 e. The second kappa shape index (κ2) is 4.98. The Morgan fingerprint density at radius 3 is 2.68 bits per heavy atom. The van der Waals surface area contributed by atoms with Gasteiger partial charge < -0.3 is 0 Å². The van der Waals surface area contributed by atoms with Gasteiger partial charge in [0.2, 0.25) is 0 Å². The van der Waals surface area contributed by atoms with Gasteiger partial charge in [0, 0.05) is 21.4 Å². The number of alkyl halides is 1. The van der Waals surface area contributed by atoms with Crippen molar-refractivity contribution in [3.8, 4) is 0 Å². The van der Waals surface area contributed by atoms with Crippen molar-refractivity contribution in [1.29, 1.82) is 0 Å². The highest BCUT2D eigenvalue weighted by Gasteiger charge is 2.22. The largest absolute Gasteiger partial charge is 0.207 e. The van der Waals surface area contributed by atoms with E-state index in [0.29, 0.717) is 11.1 Å². The maximum atomic E-state index is 13.9. The third-order valence-electron chi connectivity index (χ3n) is 3.57. The second-order valence-corrected chi connectivity index (χ2v) is 7.02. The number of hydrogen-bond donors (Lipinski definition) is 0. The molecular weight excluding hydrogens is 330 g/mol. The standard InChI is InChI=1S/C15H13BrF2S/c1-8-5-10(12(18)7-11(8)17)15(16)14-6-9-3-2-4-13(9)19-14/h5-7,15H,2-4H2,1H3. The van der Waals surface area contributed by atoms with Crippen LogP contribution in [0.1, 0.15) is 37.7 Å². The van der Waals surface area contributed by atoms with E-state index in [2.05, 4.69) is 22.0 Å². The summed E-state index contributed by atoms with van der Waals surface area (Å²) in [5, 5.41) is 0. The fraction of sp³-hybridized carbons (Fsp3) is 0.333. The minimum Gasteiger partial charge on any atom is -0.207 e. The van der Waals surface area contributed by atoms with Crippen molar-refractivity contribution in [3.05, 3.63) is 56.3 Å². The quantitative estimate of drug-likeness (QED) is 0.649. The molecule has 1 aromatic carbocycles. The lowest BCUT2D eigenvalue weighted by molar-refractivity contribution is 0.569. The minimum atomic E-state index is -0.491.